The van der Waals surface area contributed by atoms with Gasteiger partial charge in [-0.25, -0.2) is 0 Å². The zero-order valence-corrected chi connectivity index (χ0v) is 38.8. The fourth-order valence-corrected chi connectivity index (χ4v) is 6.79. The van der Waals surface area contributed by atoms with Crippen molar-refractivity contribution in [3.63, 3.8) is 0 Å². The number of hydrogen-bond donors (Lipinski definition) is 0. The molecule has 0 heterocycles. The summed E-state index contributed by atoms with van der Waals surface area (Å²) in [5.41, 5.74) is 0. The van der Waals surface area contributed by atoms with Crippen molar-refractivity contribution in [1.82, 2.24) is 0 Å². The van der Waals surface area contributed by atoms with Crippen LogP contribution in [-0.2, 0) is 28.6 Å². The van der Waals surface area contributed by atoms with E-state index in [0.29, 0.717) is 19.3 Å². The standard InChI is InChI=1S/C53H92O6/c1-4-7-10-13-16-19-21-23-25-26-28-29-31-34-37-40-43-46-52(55)58-49-50(48-57-51(54)45-42-39-36-33-18-15-12-9-6-3)59-53(56)47-44-41-38-35-32-30-27-24-22-20-17-14-11-8-5-2/h9,12,18,23,25,28-29,33-34,37,50H,4-8,10-11,13-17,19-22,24,26-27,30-32,35-36,38-49H2,1-3H3/b12-9-,25-23-,29-28-,33-18-,37-34-. The van der Waals surface area contributed by atoms with Gasteiger partial charge in [0.1, 0.15) is 13.2 Å². The summed E-state index contributed by atoms with van der Waals surface area (Å²) >= 11 is 0. The summed E-state index contributed by atoms with van der Waals surface area (Å²) in [7, 11) is 0. The van der Waals surface area contributed by atoms with Crippen molar-refractivity contribution in [3.05, 3.63) is 60.8 Å². The van der Waals surface area contributed by atoms with E-state index < -0.39 is 6.10 Å². The second-order valence-corrected chi connectivity index (χ2v) is 16.3. The molecule has 0 saturated heterocycles. The molecular weight excluding hydrogens is 733 g/mol. The molecule has 59 heavy (non-hydrogen) atoms. The average molecular weight is 825 g/mol. The minimum atomic E-state index is -0.803. The van der Waals surface area contributed by atoms with Crippen LogP contribution in [0.4, 0.5) is 0 Å². The number of carbonyl (C=O) groups is 3. The Morgan fingerprint density at radius 1 is 0.356 bits per heavy atom. The van der Waals surface area contributed by atoms with Gasteiger partial charge in [-0.1, -0.05) is 204 Å². The van der Waals surface area contributed by atoms with Crippen molar-refractivity contribution >= 4 is 17.9 Å². The van der Waals surface area contributed by atoms with Crippen molar-refractivity contribution < 1.29 is 28.6 Å². The Morgan fingerprint density at radius 3 is 1.14 bits per heavy atom. The highest BCUT2D eigenvalue weighted by Crippen LogP contribution is 2.15. The van der Waals surface area contributed by atoms with Crippen LogP contribution in [0.25, 0.3) is 0 Å². The highest BCUT2D eigenvalue weighted by atomic mass is 16.6. The lowest BCUT2D eigenvalue weighted by molar-refractivity contribution is -0.167. The lowest BCUT2D eigenvalue weighted by Crippen LogP contribution is -2.30. The first-order valence-electron chi connectivity index (χ1n) is 24.8. The number of ether oxygens (including phenoxy) is 3. The lowest BCUT2D eigenvalue weighted by atomic mass is 10.0. The van der Waals surface area contributed by atoms with Gasteiger partial charge in [0.05, 0.1) is 0 Å². The Bertz CT molecular complexity index is 1090. The molecule has 0 aromatic carbocycles. The molecule has 0 N–H and O–H groups in total. The lowest BCUT2D eigenvalue weighted by Gasteiger charge is -2.18. The fraction of sp³-hybridized carbons (Fsp3) is 0.755. The second kappa shape index (κ2) is 47.8. The third-order valence-electron chi connectivity index (χ3n) is 10.5. The Labute approximate surface area is 364 Å². The Balaban J connectivity index is 4.42. The topological polar surface area (TPSA) is 78.9 Å². The van der Waals surface area contributed by atoms with Crippen molar-refractivity contribution in [2.75, 3.05) is 13.2 Å². The molecule has 0 aliphatic rings. The van der Waals surface area contributed by atoms with Crippen LogP contribution in [-0.4, -0.2) is 37.2 Å². The third-order valence-corrected chi connectivity index (χ3v) is 10.5. The summed E-state index contributed by atoms with van der Waals surface area (Å²) < 4.78 is 16.7. The van der Waals surface area contributed by atoms with E-state index in [2.05, 4.69) is 81.5 Å². The molecule has 0 aromatic rings. The van der Waals surface area contributed by atoms with Gasteiger partial charge in [-0.05, 0) is 77.0 Å². The van der Waals surface area contributed by atoms with Gasteiger partial charge < -0.3 is 14.2 Å². The van der Waals surface area contributed by atoms with Crippen molar-refractivity contribution in [2.45, 2.75) is 245 Å². The van der Waals surface area contributed by atoms with E-state index >= 15 is 0 Å². The predicted molar refractivity (Wildman–Crippen MR) is 251 cm³/mol. The van der Waals surface area contributed by atoms with Gasteiger partial charge in [0, 0.05) is 19.3 Å². The monoisotopic (exact) mass is 825 g/mol. The van der Waals surface area contributed by atoms with E-state index in [-0.39, 0.29) is 37.5 Å². The van der Waals surface area contributed by atoms with Crippen molar-refractivity contribution in [2.24, 2.45) is 0 Å². The molecule has 6 heteroatoms. The molecule has 0 bridgehead atoms. The predicted octanol–water partition coefficient (Wildman–Crippen LogP) is 16.1. The SMILES string of the molecule is CC/C=C\C/C=C\CCCCC(=O)OCC(COC(=O)CCC/C=C\C/C=C\C/C=C\CCCCCCCC)OC(=O)CCCCCCCCCCCCCCCCC. The molecule has 1 unspecified atom stereocenters. The molecule has 0 aromatic heterocycles. The molecule has 340 valence electrons. The number of allylic oxidation sites excluding steroid dienone is 10. The average Bonchev–Trinajstić information content (AvgIpc) is 3.23. The summed E-state index contributed by atoms with van der Waals surface area (Å²) in [4.78, 5) is 37.8. The highest BCUT2D eigenvalue weighted by Gasteiger charge is 2.19. The number of rotatable bonds is 44. The molecule has 6 nitrogen and oxygen atoms in total. The molecule has 0 rings (SSSR count). The first-order chi connectivity index (χ1) is 29.0. The van der Waals surface area contributed by atoms with Gasteiger partial charge >= 0.3 is 17.9 Å². The van der Waals surface area contributed by atoms with Crippen LogP contribution in [0, 0.1) is 0 Å². The Kier molecular flexibility index (Phi) is 45.4. The number of hydrogen-bond acceptors (Lipinski definition) is 6. The van der Waals surface area contributed by atoms with Gasteiger partial charge in [-0.3, -0.25) is 14.4 Å². The first kappa shape index (κ1) is 56.1. The third kappa shape index (κ3) is 46.0. The van der Waals surface area contributed by atoms with Crippen LogP contribution in [0.1, 0.15) is 239 Å². The van der Waals surface area contributed by atoms with Gasteiger partial charge in [0.2, 0.25) is 0 Å². The van der Waals surface area contributed by atoms with Crippen molar-refractivity contribution in [3.8, 4) is 0 Å². The van der Waals surface area contributed by atoms with E-state index in [1.54, 1.807) is 0 Å². The molecule has 0 radical (unpaired) electrons. The molecular formula is C53H92O6. The maximum Gasteiger partial charge on any atom is 0.306 e. The van der Waals surface area contributed by atoms with Crippen LogP contribution >= 0.6 is 0 Å². The molecule has 0 aliphatic carbocycles. The van der Waals surface area contributed by atoms with Crippen molar-refractivity contribution in [1.29, 1.82) is 0 Å². The first-order valence-corrected chi connectivity index (χ1v) is 24.8. The summed E-state index contributed by atoms with van der Waals surface area (Å²) in [6.07, 6.45) is 58.0. The summed E-state index contributed by atoms with van der Waals surface area (Å²) in [5.74, 6) is -0.990. The van der Waals surface area contributed by atoms with E-state index in [0.717, 1.165) is 70.6 Å². The minimum Gasteiger partial charge on any atom is -0.462 e. The molecule has 0 fully saturated rings. The fourth-order valence-electron chi connectivity index (χ4n) is 6.79. The molecule has 0 amide bonds. The minimum absolute atomic E-state index is 0.106. The van der Waals surface area contributed by atoms with Gasteiger partial charge in [-0.15, -0.1) is 0 Å². The Hall–Kier alpha value is -2.89. The van der Waals surface area contributed by atoms with Crippen LogP contribution in [0.15, 0.2) is 60.8 Å². The summed E-state index contributed by atoms with van der Waals surface area (Å²) in [6, 6.07) is 0. The summed E-state index contributed by atoms with van der Waals surface area (Å²) in [6.45, 7) is 6.43. The number of esters is 3. The van der Waals surface area contributed by atoms with Gasteiger partial charge in [0.25, 0.3) is 0 Å². The van der Waals surface area contributed by atoms with Crippen LogP contribution in [0.5, 0.6) is 0 Å². The Morgan fingerprint density at radius 2 is 0.678 bits per heavy atom. The highest BCUT2D eigenvalue weighted by molar-refractivity contribution is 5.71. The smallest absolute Gasteiger partial charge is 0.306 e. The van der Waals surface area contributed by atoms with Crippen LogP contribution in [0.3, 0.4) is 0 Å². The molecule has 0 aliphatic heterocycles. The molecule has 0 spiro atoms. The molecule has 0 saturated carbocycles. The second-order valence-electron chi connectivity index (χ2n) is 16.3. The van der Waals surface area contributed by atoms with E-state index in [1.165, 1.54) is 122 Å². The normalized spacial score (nSPS) is 12.5. The molecule has 1 atom stereocenters. The maximum absolute atomic E-state index is 12.7. The number of unbranched alkanes of at least 4 members (excludes halogenated alkanes) is 23. The zero-order valence-electron chi connectivity index (χ0n) is 38.8. The van der Waals surface area contributed by atoms with E-state index in [9.17, 15) is 14.4 Å². The zero-order chi connectivity index (χ0) is 43.0. The van der Waals surface area contributed by atoms with Crippen LogP contribution < -0.4 is 0 Å². The van der Waals surface area contributed by atoms with Gasteiger partial charge in [-0.2, -0.15) is 0 Å². The quantitative estimate of drug-likeness (QED) is 0.0263. The maximum atomic E-state index is 12.7. The van der Waals surface area contributed by atoms with Gasteiger partial charge in [0.15, 0.2) is 6.10 Å². The number of carbonyl (C=O) groups excluding carboxylic acids is 3. The van der Waals surface area contributed by atoms with Crippen LogP contribution in [0.2, 0.25) is 0 Å². The largest absolute Gasteiger partial charge is 0.462 e. The van der Waals surface area contributed by atoms with E-state index in [1.807, 2.05) is 0 Å². The summed E-state index contributed by atoms with van der Waals surface area (Å²) in [5, 5.41) is 0. The van der Waals surface area contributed by atoms with E-state index in [4.69, 9.17) is 14.2 Å².